The minimum Gasteiger partial charge on any atom is -0.378 e. The molecule has 0 atom stereocenters. The van der Waals surface area contributed by atoms with Crippen LogP contribution >= 0.6 is 11.8 Å². The highest BCUT2D eigenvalue weighted by atomic mass is 32.2. The predicted molar refractivity (Wildman–Crippen MR) is 99.8 cm³/mol. The van der Waals surface area contributed by atoms with Gasteiger partial charge in [0.1, 0.15) is 5.82 Å². The number of anilines is 1. The Labute approximate surface area is 145 Å². The average Bonchev–Trinajstić information content (AvgIpc) is 2.68. The second-order valence-electron chi connectivity index (χ2n) is 5.76. The van der Waals surface area contributed by atoms with Crippen LogP contribution in [0.3, 0.4) is 0 Å². The summed E-state index contributed by atoms with van der Waals surface area (Å²) in [4.78, 5) is 12.9. The van der Waals surface area contributed by atoms with Crippen LogP contribution in [0.4, 0.5) is 5.82 Å². The van der Waals surface area contributed by atoms with E-state index >= 15 is 0 Å². The summed E-state index contributed by atoms with van der Waals surface area (Å²) >= 11 is 1.76. The predicted octanol–water partition coefficient (Wildman–Crippen LogP) is 3.86. The molecule has 4 nitrogen and oxygen atoms in total. The van der Waals surface area contributed by atoms with Crippen molar-refractivity contribution >= 4 is 28.6 Å². The van der Waals surface area contributed by atoms with Gasteiger partial charge in [0, 0.05) is 18.0 Å². The Morgan fingerprint density at radius 3 is 2.67 bits per heavy atom. The fourth-order valence-corrected chi connectivity index (χ4v) is 3.39. The zero-order chi connectivity index (χ0) is 16.4. The number of ether oxygens (including phenoxy) is 1. The molecule has 1 aliphatic rings. The number of morpholine rings is 1. The van der Waals surface area contributed by atoms with Gasteiger partial charge < -0.3 is 9.64 Å². The SMILES string of the molecule is CSc1cccc(-c2ccc3ncc(N4CCOCC4)nc3c2)c1. The van der Waals surface area contributed by atoms with Gasteiger partial charge in [-0.3, -0.25) is 4.98 Å². The van der Waals surface area contributed by atoms with Crippen molar-refractivity contribution in [1.82, 2.24) is 9.97 Å². The molecular weight excluding hydrogens is 318 g/mol. The van der Waals surface area contributed by atoms with Gasteiger partial charge in [0.05, 0.1) is 30.4 Å². The summed E-state index contributed by atoms with van der Waals surface area (Å²) in [5.41, 5.74) is 4.25. The van der Waals surface area contributed by atoms with E-state index in [4.69, 9.17) is 9.72 Å². The van der Waals surface area contributed by atoms with Crippen molar-refractivity contribution in [3.05, 3.63) is 48.7 Å². The van der Waals surface area contributed by atoms with Gasteiger partial charge in [-0.05, 0) is 41.6 Å². The topological polar surface area (TPSA) is 38.2 Å². The molecular formula is C19H19N3OS. The molecule has 1 fully saturated rings. The lowest BCUT2D eigenvalue weighted by Crippen LogP contribution is -2.36. The van der Waals surface area contributed by atoms with E-state index in [0.717, 1.165) is 43.2 Å². The third-order valence-electron chi connectivity index (χ3n) is 4.27. The Morgan fingerprint density at radius 1 is 1.00 bits per heavy atom. The van der Waals surface area contributed by atoms with E-state index in [0.29, 0.717) is 0 Å². The number of hydrogen-bond acceptors (Lipinski definition) is 5. The van der Waals surface area contributed by atoms with Gasteiger partial charge in [-0.15, -0.1) is 11.8 Å². The van der Waals surface area contributed by atoms with Gasteiger partial charge >= 0.3 is 0 Å². The normalized spacial score (nSPS) is 15.0. The lowest BCUT2D eigenvalue weighted by Gasteiger charge is -2.27. The maximum atomic E-state index is 5.42. The molecule has 0 aliphatic carbocycles. The van der Waals surface area contributed by atoms with Gasteiger partial charge in [-0.1, -0.05) is 18.2 Å². The van der Waals surface area contributed by atoms with Crippen LogP contribution in [0.1, 0.15) is 0 Å². The van der Waals surface area contributed by atoms with Crippen LogP contribution < -0.4 is 4.90 Å². The van der Waals surface area contributed by atoms with Crippen LogP contribution in [0, 0.1) is 0 Å². The lowest BCUT2D eigenvalue weighted by molar-refractivity contribution is 0.122. The number of nitrogens with zero attached hydrogens (tertiary/aromatic N) is 3. The van der Waals surface area contributed by atoms with Gasteiger partial charge in [0.2, 0.25) is 0 Å². The van der Waals surface area contributed by atoms with Gasteiger partial charge in [0.25, 0.3) is 0 Å². The fourth-order valence-electron chi connectivity index (χ4n) is 2.93. The second-order valence-corrected chi connectivity index (χ2v) is 6.64. The Hall–Kier alpha value is -2.11. The Kier molecular flexibility index (Phi) is 4.36. The van der Waals surface area contributed by atoms with Crippen LogP contribution in [0.15, 0.2) is 53.6 Å². The summed E-state index contributed by atoms with van der Waals surface area (Å²) in [7, 11) is 0. The summed E-state index contributed by atoms with van der Waals surface area (Å²) in [5, 5.41) is 0. The van der Waals surface area contributed by atoms with Crippen molar-refractivity contribution in [3.8, 4) is 11.1 Å². The third-order valence-corrected chi connectivity index (χ3v) is 4.99. The maximum absolute atomic E-state index is 5.42. The van der Waals surface area contributed by atoms with E-state index in [2.05, 4.69) is 52.5 Å². The first kappa shape index (κ1) is 15.4. The molecule has 0 radical (unpaired) electrons. The summed E-state index contributed by atoms with van der Waals surface area (Å²) in [5.74, 6) is 0.931. The first-order valence-electron chi connectivity index (χ1n) is 8.07. The van der Waals surface area contributed by atoms with Gasteiger partial charge in [-0.25, -0.2) is 4.98 Å². The zero-order valence-electron chi connectivity index (χ0n) is 13.6. The first-order valence-corrected chi connectivity index (χ1v) is 9.30. The summed E-state index contributed by atoms with van der Waals surface area (Å²) < 4.78 is 5.42. The molecule has 5 heteroatoms. The Morgan fingerprint density at radius 2 is 1.83 bits per heavy atom. The number of thioether (sulfide) groups is 1. The molecule has 0 bridgehead atoms. The van der Waals surface area contributed by atoms with E-state index in [9.17, 15) is 0 Å². The standard InChI is InChI=1S/C19H19N3OS/c1-24-16-4-2-3-14(11-16)15-5-6-17-18(12-15)21-19(13-20-17)22-7-9-23-10-8-22/h2-6,11-13H,7-10H2,1H3. The summed E-state index contributed by atoms with van der Waals surface area (Å²) in [6.45, 7) is 3.24. The average molecular weight is 337 g/mol. The summed E-state index contributed by atoms with van der Waals surface area (Å²) in [6.07, 6.45) is 3.96. The van der Waals surface area contributed by atoms with E-state index in [-0.39, 0.29) is 0 Å². The molecule has 1 saturated heterocycles. The molecule has 1 aliphatic heterocycles. The molecule has 0 N–H and O–H groups in total. The quantitative estimate of drug-likeness (QED) is 0.679. The number of benzene rings is 2. The lowest BCUT2D eigenvalue weighted by atomic mass is 10.1. The Balaban J connectivity index is 1.72. The fraction of sp³-hybridized carbons (Fsp3) is 0.263. The van der Waals surface area contributed by atoms with Crippen LogP contribution in [0.25, 0.3) is 22.2 Å². The van der Waals surface area contributed by atoms with Crippen molar-refractivity contribution < 1.29 is 4.74 Å². The number of rotatable bonds is 3. The van der Waals surface area contributed by atoms with Crippen molar-refractivity contribution in [3.63, 3.8) is 0 Å². The minimum atomic E-state index is 0.751. The van der Waals surface area contributed by atoms with Crippen molar-refractivity contribution in [2.24, 2.45) is 0 Å². The monoisotopic (exact) mass is 337 g/mol. The minimum absolute atomic E-state index is 0.751. The smallest absolute Gasteiger partial charge is 0.148 e. The highest BCUT2D eigenvalue weighted by Crippen LogP contribution is 2.27. The van der Waals surface area contributed by atoms with Crippen LogP contribution in [0.5, 0.6) is 0 Å². The number of fused-ring (bicyclic) bond motifs is 1. The van der Waals surface area contributed by atoms with Crippen molar-refractivity contribution in [1.29, 1.82) is 0 Å². The van der Waals surface area contributed by atoms with Crippen LogP contribution in [0.2, 0.25) is 0 Å². The first-order chi connectivity index (χ1) is 11.8. The molecule has 0 unspecified atom stereocenters. The largest absolute Gasteiger partial charge is 0.378 e. The molecule has 122 valence electrons. The van der Waals surface area contributed by atoms with Crippen LogP contribution in [-0.2, 0) is 4.74 Å². The molecule has 1 aromatic heterocycles. The van der Waals surface area contributed by atoms with Crippen LogP contribution in [-0.4, -0.2) is 42.5 Å². The third kappa shape index (κ3) is 3.09. The van der Waals surface area contributed by atoms with Crippen molar-refractivity contribution in [2.75, 3.05) is 37.5 Å². The highest BCUT2D eigenvalue weighted by Gasteiger charge is 2.13. The molecule has 0 saturated carbocycles. The summed E-state index contributed by atoms with van der Waals surface area (Å²) in [6, 6.07) is 14.9. The molecule has 24 heavy (non-hydrogen) atoms. The van der Waals surface area contributed by atoms with E-state index in [1.807, 2.05) is 12.3 Å². The molecule has 0 amide bonds. The molecule has 2 heterocycles. The molecule has 0 spiro atoms. The van der Waals surface area contributed by atoms with E-state index in [1.165, 1.54) is 16.0 Å². The van der Waals surface area contributed by atoms with Gasteiger partial charge in [-0.2, -0.15) is 0 Å². The molecule has 3 aromatic rings. The number of aromatic nitrogens is 2. The van der Waals surface area contributed by atoms with Crippen molar-refractivity contribution in [2.45, 2.75) is 4.90 Å². The highest BCUT2D eigenvalue weighted by molar-refractivity contribution is 7.98. The van der Waals surface area contributed by atoms with E-state index < -0.39 is 0 Å². The molecule has 4 rings (SSSR count). The second kappa shape index (κ2) is 6.79. The van der Waals surface area contributed by atoms with E-state index in [1.54, 1.807) is 11.8 Å². The maximum Gasteiger partial charge on any atom is 0.148 e. The number of hydrogen-bond donors (Lipinski definition) is 0. The van der Waals surface area contributed by atoms with Gasteiger partial charge in [0.15, 0.2) is 0 Å². The Bertz CT molecular complexity index is 862. The molecule has 2 aromatic carbocycles. The zero-order valence-corrected chi connectivity index (χ0v) is 14.4.